The summed E-state index contributed by atoms with van der Waals surface area (Å²) in [6, 6.07) is 8.36. The standard InChI is InChI=1S/C15H13ClFN5O/c16-11-4-1-5-13(14(11)17)22-9-12(20-21-22)15(23)19-8-6-10-3-2-7-18-10/h1-5,7,9,18H,6,8H2,(H,19,23). The molecule has 2 N–H and O–H groups in total. The van der Waals surface area contributed by atoms with Gasteiger partial charge in [0.25, 0.3) is 5.91 Å². The summed E-state index contributed by atoms with van der Waals surface area (Å²) in [5.41, 5.74) is 1.27. The minimum Gasteiger partial charge on any atom is -0.365 e. The van der Waals surface area contributed by atoms with Crippen LogP contribution in [-0.2, 0) is 6.42 Å². The van der Waals surface area contributed by atoms with Gasteiger partial charge >= 0.3 is 0 Å². The van der Waals surface area contributed by atoms with E-state index >= 15 is 0 Å². The lowest BCUT2D eigenvalue weighted by Crippen LogP contribution is -2.26. The normalized spacial score (nSPS) is 10.7. The van der Waals surface area contributed by atoms with Crippen molar-refractivity contribution in [2.24, 2.45) is 0 Å². The van der Waals surface area contributed by atoms with Crippen LogP contribution in [0.15, 0.2) is 42.7 Å². The highest BCUT2D eigenvalue weighted by molar-refractivity contribution is 6.30. The summed E-state index contributed by atoms with van der Waals surface area (Å²) >= 11 is 5.73. The Morgan fingerprint density at radius 1 is 1.35 bits per heavy atom. The van der Waals surface area contributed by atoms with E-state index in [1.807, 2.05) is 18.3 Å². The van der Waals surface area contributed by atoms with Gasteiger partial charge < -0.3 is 10.3 Å². The highest BCUT2D eigenvalue weighted by atomic mass is 35.5. The van der Waals surface area contributed by atoms with E-state index in [1.54, 1.807) is 6.07 Å². The number of nitrogens with zero attached hydrogens (tertiary/aromatic N) is 3. The van der Waals surface area contributed by atoms with Gasteiger partial charge in [-0.05, 0) is 24.3 Å². The molecule has 0 saturated carbocycles. The van der Waals surface area contributed by atoms with Gasteiger partial charge in [-0.25, -0.2) is 9.07 Å². The van der Waals surface area contributed by atoms with E-state index in [0.29, 0.717) is 13.0 Å². The summed E-state index contributed by atoms with van der Waals surface area (Å²) in [7, 11) is 0. The van der Waals surface area contributed by atoms with Gasteiger partial charge in [0.2, 0.25) is 0 Å². The first-order valence-corrected chi connectivity index (χ1v) is 7.30. The Balaban J connectivity index is 1.66. The Morgan fingerprint density at radius 3 is 3.00 bits per heavy atom. The maximum absolute atomic E-state index is 13.9. The smallest absolute Gasteiger partial charge is 0.273 e. The third-order valence-electron chi connectivity index (χ3n) is 3.25. The number of rotatable bonds is 5. The quantitative estimate of drug-likeness (QED) is 0.752. The zero-order valence-corrected chi connectivity index (χ0v) is 12.7. The van der Waals surface area contributed by atoms with Crippen molar-refractivity contribution in [1.29, 1.82) is 0 Å². The molecule has 3 aromatic rings. The van der Waals surface area contributed by atoms with Gasteiger partial charge in [0.05, 0.1) is 11.2 Å². The number of carbonyl (C=O) groups excluding carboxylic acids is 1. The van der Waals surface area contributed by atoms with Crippen LogP contribution in [0.4, 0.5) is 4.39 Å². The van der Waals surface area contributed by atoms with E-state index in [4.69, 9.17) is 11.6 Å². The first-order valence-electron chi connectivity index (χ1n) is 6.92. The summed E-state index contributed by atoms with van der Waals surface area (Å²) in [6.07, 6.45) is 3.86. The number of aromatic nitrogens is 4. The van der Waals surface area contributed by atoms with Crippen LogP contribution >= 0.6 is 11.6 Å². The summed E-state index contributed by atoms with van der Waals surface area (Å²) < 4.78 is 15.1. The number of amides is 1. The van der Waals surface area contributed by atoms with Gasteiger partial charge in [-0.3, -0.25) is 4.79 Å². The summed E-state index contributed by atoms with van der Waals surface area (Å²) in [4.78, 5) is 15.1. The van der Waals surface area contributed by atoms with Crippen molar-refractivity contribution in [3.05, 3.63) is 65.0 Å². The van der Waals surface area contributed by atoms with Gasteiger partial charge in [-0.2, -0.15) is 0 Å². The molecule has 0 fully saturated rings. The second-order valence-electron chi connectivity index (χ2n) is 4.82. The number of hydrogen-bond donors (Lipinski definition) is 2. The molecule has 0 atom stereocenters. The molecule has 0 aliphatic carbocycles. The Bertz CT molecular complexity index is 815. The maximum atomic E-state index is 13.9. The molecule has 1 aromatic carbocycles. The first-order chi connectivity index (χ1) is 11.1. The summed E-state index contributed by atoms with van der Waals surface area (Å²) in [5.74, 6) is -0.983. The summed E-state index contributed by atoms with van der Waals surface area (Å²) in [6.45, 7) is 0.456. The van der Waals surface area contributed by atoms with E-state index in [1.165, 1.54) is 23.0 Å². The molecule has 118 valence electrons. The van der Waals surface area contributed by atoms with E-state index in [9.17, 15) is 9.18 Å². The van der Waals surface area contributed by atoms with Crippen molar-refractivity contribution in [3.63, 3.8) is 0 Å². The van der Waals surface area contributed by atoms with Crippen molar-refractivity contribution in [1.82, 2.24) is 25.3 Å². The SMILES string of the molecule is O=C(NCCc1ccc[nH]1)c1cn(-c2cccc(Cl)c2F)nn1. The third-order valence-corrected chi connectivity index (χ3v) is 3.54. The van der Waals surface area contributed by atoms with E-state index < -0.39 is 5.82 Å². The molecule has 0 spiro atoms. The van der Waals surface area contributed by atoms with Crippen molar-refractivity contribution in [2.75, 3.05) is 6.54 Å². The van der Waals surface area contributed by atoms with Crippen LogP contribution in [0.2, 0.25) is 5.02 Å². The highest BCUT2D eigenvalue weighted by Crippen LogP contribution is 2.20. The second kappa shape index (κ2) is 6.62. The van der Waals surface area contributed by atoms with E-state index in [2.05, 4.69) is 20.6 Å². The predicted molar refractivity (Wildman–Crippen MR) is 83.2 cm³/mol. The number of aromatic amines is 1. The molecule has 23 heavy (non-hydrogen) atoms. The molecule has 3 rings (SSSR count). The zero-order valence-electron chi connectivity index (χ0n) is 12.0. The minimum absolute atomic E-state index is 0.0186. The fourth-order valence-electron chi connectivity index (χ4n) is 2.08. The molecule has 8 heteroatoms. The van der Waals surface area contributed by atoms with Crippen LogP contribution in [0.3, 0.4) is 0 Å². The number of halogens is 2. The zero-order chi connectivity index (χ0) is 16.2. The molecule has 2 aromatic heterocycles. The van der Waals surface area contributed by atoms with Gasteiger partial charge in [0, 0.05) is 24.9 Å². The third kappa shape index (κ3) is 3.40. The largest absolute Gasteiger partial charge is 0.365 e. The molecule has 6 nitrogen and oxygen atoms in total. The lowest BCUT2D eigenvalue weighted by Gasteiger charge is -2.03. The first kappa shape index (κ1) is 15.2. The molecular formula is C15H13ClFN5O. The average molecular weight is 334 g/mol. The van der Waals surface area contributed by atoms with Gasteiger partial charge in [-0.15, -0.1) is 5.10 Å². The number of nitrogens with one attached hydrogen (secondary N) is 2. The van der Waals surface area contributed by atoms with Crippen LogP contribution in [0.5, 0.6) is 0 Å². The molecule has 0 bridgehead atoms. The topological polar surface area (TPSA) is 75.6 Å². The van der Waals surface area contributed by atoms with Gasteiger partial charge in [-0.1, -0.05) is 22.9 Å². The molecule has 0 saturated heterocycles. The number of H-pyrrole nitrogens is 1. The Kier molecular flexibility index (Phi) is 4.38. The van der Waals surface area contributed by atoms with E-state index in [0.717, 1.165) is 5.69 Å². The number of benzene rings is 1. The monoisotopic (exact) mass is 333 g/mol. The van der Waals surface area contributed by atoms with Crippen LogP contribution in [0.25, 0.3) is 5.69 Å². The fourth-order valence-corrected chi connectivity index (χ4v) is 2.25. The maximum Gasteiger partial charge on any atom is 0.273 e. The van der Waals surface area contributed by atoms with Crippen LogP contribution in [-0.4, -0.2) is 32.4 Å². The van der Waals surface area contributed by atoms with Gasteiger partial charge in [0.15, 0.2) is 11.5 Å². The van der Waals surface area contributed by atoms with Crippen LogP contribution in [0, 0.1) is 5.82 Å². The lowest BCUT2D eigenvalue weighted by molar-refractivity contribution is 0.0949. The molecule has 2 heterocycles. The van der Waals surface area contributed by atoms with Crippen molar-refractivity contribution >= 4 is 17.5 Å². The lowest BCUT2D eigenvalue weighted by atomic mass is 10.3. The van der Waals surface area contributed by atoms with Crippen LogP contribution < -0.4 is 5.32 Å². The van der Waals surface area contributed by atoms with E-state index in [-0.39, 0.29) is 22.3 Å². The molecule has 1 amide bonds. The number of carbonyl (C=O) groups is 1. The molecule has 0 unspecified atom stereocenters. The Labute approximate surface area is 136 Å². The van der Waals surface area contributed by atoms with Crippen LogP contribution in [0.1, 0.15) is 16.2 Å². The molecular weight excluding hydrogens is 321 g/mol. The minimum atomic E-state index is -0.613. The molecule has 0 aliphatic rings. The Hall–Kier alpha value is -2.67. The second-order valence-corrected chi connectivity index (χ2v) is 5.23. The number of hydrogen-bond acceptors (Lipinski definition) is 3. The van der Waals surface area contributed by atoms with Crippen molar-refractivity contribution in [2.45, 2.75) is 6.42 Å². The fraction of sp³-hybridized carbons (Fsp3) is 0.133. The Morgan fingerprint density at radius 2 is 2.22 bits per heavy atom. The summed E-state index contributed by atoms with van der Waals surface area (Å²) in [5, 5.41) is 10.2. The highest BCUT2D eigenvalue weighted by Gasteiger charge is 2.14. The molecule has 0 radical (unpaired) electrons. The van der Waals surface area contributed by atoms with Crippen molar-refractivity contribution < 1.29 is 9.18 Å². The predicted octanol–water partition coefficient (Wildman–Crippen LogP) is 2.36. The molecule has 0 aliphatic heterocycles. The van der Waals surface area contributed by atoms with Gasteiger partial charge in [0.1, 0.15) is 5.69 Å². The average Bonchev–Trinajstić information content (AvgIpc) is 3.21. The van der Waals surface area contributed by atoms with Crippen molar-refractivity contribution in [3.8, 4) is 5.69 Å².